The Bertz CT molecular complexity index is 818. The Balaban J connectivity index is 1.83. The molecule has 124 valence electrons. The molecule has 4 atom stereocenters. The van der Waals surface area contributed by atoms with Gasteiger partial charge in [-0.3, -0.25) is 9.36 Å². The third-order valence-electron chi connectivity index (χ3n) is 4.00. The molecule has 0 spiro atoms. The van der Waals surface area contributed by atoms with Gasteiger partial charge in [0.1, 0.15) is 18.3 Å². The fraction of sp³-hybridized carbons (Fsp3) is 0.615. The molecule has 0 aliphatic carbocycles. The summed E-state index contributed by atoms with van der Waals surface area (Å²) in [5.74, 6) is -0.779. The predicted molar refractivity (Wildman–Crippen MR) is 80.7 cm³/mol. The summed E-state index contributed by atoms with van der Waals surface area (Å²) >= 11 is 3.34. The van der Waals surface area contributed by atoms with Gasteiger partial charge in [-0.05, 0) is 29.8 Å². The van der Waals surface area contributed by atoms with Crippen LogP contribution in [0, 0.1) is 0 Å². The molecule has 9 nitrogen and oxygen atoms in total. The summed E-state index contributed by atoms with van der Waals surface area (Å²) in [6, 6.07) is 0. The van der Waals surface area contributed by atoms with Crippen molar-refractivity contribution in [1.29, 1.82) is 0 Å². The van der Waals surface area contributed by atoms with E-state index >= 15 is 0 Å². The average Bonchev–Trinajstić information content (AvgIpc) is 3.08. The maximum absolute atomic E-state index is 11.9. The molecular formula is C13H15BrN4O5. The van der Waals surface area contributed by atoms with Crippen molar-refractivity contribution >= 4 is 27.1 Å². The molecule has 4 heterocycles. The Labute approximate surface area is 138 Å². The lowest BCUT2D eigenvalue weighted by Crippen LogP contribution is -2.31. The number of fused-ring (bicyclic) bond motifs is 2. The molecule has 10 heteroatoms. The van der Waals surface area contributed by atoms with Gasteiger partial charge in [-0.25, -0.2) is 9.97 Å². The number of aliphatic hydroxyl groups is 1. The maximum atomic E-state index is 11.9. The molecule has 2 aromatic heterocycles. The second-order valence-electron chi connectivity index (χ2n) is 5.97. The standard InChI is InChI=1S/C13H15BrN4O5/c1-13(2)22-7-5(3-19)21-11(8(7)23-13)18-9-6(17-12(18)14)10(20)16-4-15-9/h4-5,7-8,11,19H,3H2,1-2H3,(H,15,16,20)/t5-,7-,8-,11-/m1/s1. The summed E-state index contributed by atoms with van der Waals surface area (Å²) in [6.07, 6.45) is -0.699. The minimum Gasteiger partial charge on any atom is -0.394 e. The Morgan fingerprint density at radius 3 is 2.91 bits per heavy atom. The van der Waals surface area contributed by atoms with Gasteiger partial charge in [-0.2, -0.15) is 0 Å². The minimum atomic E-state index is -0.779. The molecule has 0 bridgehead atoms. The molecular weight excluding hydrogens is 372 g/mol. The summed E-state index contributed by atoms with van der Waals surface area (Å²) in [5.41, 5.74) is 0.230. The van der Waals surface area contributed by atoms with Crippen molar-refractivity contribution in [1.82, 2.24) is 19.5 Å². The fourth-order valence-corrected chi connectivity index (χ4v) is 3.68. The molecule has 2 aromatic rings. The molecule has 0 unspecified atom stereocenters. The predicted octanol–water partition coefficient (Wildman–Crippen LogP) is 0.292. The second-order valence-corrected chi connectivity index (χ2v) is 6.68. The van der Waals surface area contributed by atoms with Crippen LogP contribution in [0.25, 0.3) is 11.2 Å². The number of rotatable bonds is 2. The number of aliphatic hydroxyl groups excluding tert-OH is 1. The van der Waals surface area contributed by atoms with E-state index in [2.05, 4.69) is 30.9 Å². The topological polar surface area (TPSA) is 111 Å². The van der Waals surface area contributed by atoms with Crippen molar-refractivity contribution in [2.75, 3.05) is 6.61 Å². The molecule has 2 saturated heterocycles. The highest BCUT2D eigenvalue weighted by molar-refractivity contribution is 9.10. The number of halogens is 1. The van der Waals surface area contributed by atoms with E-state index in [-0.39, 0.29) is 17.7 Å². The van der Waals surface area contributed by atoms with Gasteiger partial charge in [0, 0.05) is 0 Å². The van der Waals surface area contributed by atoms with Gasteiger partial charge in [0.25, 0.3) is 5.56 Å². The average molecular weight is 387 g/mol. The van der Waals surface area contributed by atoms with Gasteiger partial charge in [-0.15, -0.1) is 0 Å². The number of H-pyrrole nitrogens is 1. The Morgan fingerprint density at radius 2 is 2.17 bits per heavy atom. The largest absolute Gasteiger partial charge is 0.394 e. The van der Waals surface area contributed by atoms with Gasteiger partial charge < -0.3 is 24.3 Å². The first-order valence-electron chi connectivity index (χ1n) is 7.14. The molecule has 2 fully saturated rings. The fourth-order valence-electron chi connectivity index (χ4n) is 3.13. The number of ether oxygens (including phenoxy) is 3. The van der Waals surface area contributed by atoms with Crippen molar-refractivity contribution in [3.63, 3.8) is 0 Å². The number of aromatic nitrogens is 4. The van der Waals surface area contributed by atoms with Gasteiger partial charge in [0.15, 0.2) is 27.9 Å². The van der Waals surface area contributed by atoms with Crippen LogP contribution in [0.5, 0.6) is 0 Å². The minimum absolute atomic E-state index is 0.199. The third kappa shape index (κ3) is 2.24. The van der Waals surface area contributed by atoms with E-state index in [0.29, 0.717) is 10.4 Å². The molecule has 4 rings (SSSR count). The molecule has 2 aliphatic heterocycles. The van der Waals surface area contributed by atoms with E-state index in [4.69, 9.17) is 14.2 Å². The lowest BCUT2D eigenvalue weighted by atomic mass is 10.1. The Kier molecular flexibility index (Phi) is 3.36. The van der Waals surface area contributed by atoms with Crippen LogP contribution in [0.2, 0.25) is 0 Å². The highest BCUT2D eigenvalue weighted by Gasteiger charge is 2.56. The summed E-state index contributed by atoms with van der Waals surface area (Å²) in [4.78, 5) is 22.7. The molecule has 0 aromatic carbocycles. The molecule has 2 N–H and O–H groups in total. The van der Waals surface area contributed by atoms with Crippen LogP contribution < -0.4 is 5.56 Å². The number of nitrogens with zero attached hydrogens (tertiary/aromatic N) is 3. The summed E-state index contributed by atoms with van der Waals surface area (Å²) < 4.78 is 19.7. The first-order valence-corrected chi connectivity index (χ1v) is 7.93. The van der Waals surface area contributed by atoms with Crippen molar-refractivity contribution < 1.29 is 19.3 Å². The third-order valence-corrected chi connectivity index (χ3v) is 4.56. The zero-order chi connectivity index (χ0) is 16.4. The zero-order valence-corrected chi connectivity index (χ0v) is 14.0. The van der Waals surface area contributed by atoms with Crippen LogP contribution in [-0.4, -0.2) is 55.3 Å². The number of nitrogens with one attached hydrogen (secondary N) is 1. The monoisotopic (exact) mass is 386 g/mol. The van der Waals surface area contributed by atoms with Crippen LogP contribution in [0.3, 0.4) is 0 Å². The molecule has 0 saturated carbocycles. The second kappa shape index (κ2) is 5.08. The molecule has 2 aliphatic rings. The summed E-state index contributed by atoms with van der Waals surface area (Å²) in [7, 11) is 0. The van der Waals surface area contributed by atoms with E-state index in [1.807, 2.05) is 0 Å². The van der Waals surface area contributed by atoms with Crippen LogP contribution in [0.4, 0.5) is 0 Å². The summed E-state index contributed by atoms with van der Waals surface area (Å²) in [5, 5.41) is 9.56. The van der Waals surface area contributed by atoms with Gasteiger partial charge in [-0.1, -0.05) is 0 Å². The van der Waals surface area contributed by atoms with E-state index in [1.165, 1.54) is 6.33 Å². The van der Waals surface area contributed by atoms with E-state index < -0.39 is 30.3 Å². The van der Waals surface area contributed by atoms with Crippen LogP contribution in [0.1, 0.15) is 20.1 Å². The van der Waals surface area contributed by atoms with Crippen LogP contribution in [-0.2, 0) is 14.2 Å². The SMILES string of the molecule is CC1(C)O[C@@H]2[C@H](O1)[C@@H](CO)O[C@H]2n1c(Br)nc2c(=O)[nH]cnc21. The van der Waals surface area contributed by atoms with Crippen molar-refractivity contribution in [2.45, 2.75) is 44.2 Å². The van der Waals surface area contributed by atoms with E-state index in [9.17, 15) is 9.90 Å². The quantitative estimate of drug-likeness (QED) is 0.713. The van der Waals surface area contributed by atoms with Crippen LogP contribution in [0.15, 0.2) is 15.9 Å². The molecule has 0 amide bonds. The Hall–Kier alpha value is -1.33. The molecule has 0 radical (unpaired) electrons. The Morgan fingerprint density at radius 1 is 1.43 bits per heavy atom. The normalized spacial score (nSPS) is 32.5. The number of aromatic amines is 1. The lowest BCUT2D eigenvalue weighted by Gasteiger charge is -2.24. The van der Waals surface area contributed by atoms with Gasteiger partial charge in [0.2, 0.25) is 0 Å². The number of hydrogen-bond acceptors (Lipinski definition) is 7. The van der Waals surface area contributed by atoms with Crippen LogP contribution >= 0.6 is 15.9 Å². The first kappa shape index (κ1) is 15.2. The van der Waals surface area contributed by atoms with Crippen molar-refractivity contribution in [3.05, 3.63) is 21.4 Å². The summed E-state index contributed by atoms with van der Waals surface area (Å²) in [6.45, 7) is 3.41. The van der Waals surface area contributed by atoms with Gasteiger partial charge >= 0.3 is 0 Å². The maximum Gasteiger partial charge on any atom is 0.278 e. The number of imidazole rings is 1. The van der Waals surface area contributed by atoms with Crippen molar-refractivity contribution in [2.24, 2.45) is 0 Å². The number of hydrogen-bond donors (Lipinski definition) is 2. The van der Waals surface area contributed by atoms with Gasteiger partial charge in [0.05, 0.1) is 12.9 Å². The van der Waals surface area contributed by atoms with E-state index in [1.54, 1.807) is 18.4 Å². The highest BCUT2D eigenvalue weighted by Crippen LogP contribution is 2.44. The van der Waals surface area contributed by atoms with Crippen molar-refractivity contribution in [3.8, 4) is 0 Å². The molecule has 23 heavy (non-hydrogen) atoms. The smallest absolute Gasteiger partial charge is 0.278 e. The first-order chi connectivity index (χ1) is 10.9. The zero-order valence-electron chi connectivity index (χ0n) is 12.4. The van der Waals surface area contributed by atoms with E-state index in [0.717, 1.165) is 0 Å². The highest BCUT2D eigenvalue weighted by atomic mass is 79.9. The lowest BCUT2D eigenvalue weighted by molar-refractivity contribution is -0.200.